The minimum Gasteiger partial charge on any atom is -0.489 e. The molecule has 0 atom stereocenters. The molecule has 0 spiro atoms. The van der Waals surface area contributed by atoms with Crippen LogP contribution >= 0.6 is 23.2 Å². The van der Waals surface area contributed by atoms with Crippen LogP contribution in [-0.2, 0) is 4.79 Å². The molecule has 0 radical (unpaired) electrons. The van der Waals surface area contributed by atoms with Gasteiger partial charge in [-0.2, -0.15) is 0 Å². The fourth-order valence-electron chi connectivity index (χ4n) is 3.12. The summed E-state index contributed by atoms with van der Waals surface area (Å²) in [5.41, 5.74) is 1.34. The maximum absolute atomic E-state index is 14.4. The Morgan fingerprint density at radius 3 is 3.00 bits per heavy atom. The average Bonchev–Trinajstić information content (AvgIpc) is 2.74. The molecule has 0 unspecified atom stereocenters. The van der Waals surface area contributed by atoms with Crippen LogP contribution in [-0.4, -0.2) is 34.9 Å². The number of benzene rings is 2. The monoisotopic (exact) mass is 432 g/mol. The Balaban J connectivity index is 1.83. The molecule has 2 aromatic carbocycles. The predicted molar refractivity (Wildman–Crippen MR) is 112 cm³/mol. The molecule has 9 heteroatoms. The van der Waals surface area contributed by atoms with Crippen LogP contribution in [0.25, 0.3) is 10.9 Å². The van der Waals surface area contributed by atoms with Gasteiger partial charge in [-0.05, 0) is 24.3 Å². The first-order valence-corrected chi connectivity index (χ1v) is 9.67. The van der Waals surface area contributed by atoms with E-state index >= 15 is 0 Å². The van der Waals surface area contributed by atoms with Crippen LogP contribution in [0, 0.1) is 5.82 Å². The van der Waals surface area contributed by atoms with Crippen molar-refractivity contribution >= 4 is 57.2 Å². The van der Waals surface area contributed by atoms with Crippen molar-refractivity contribution in [2.75, 3.05) is 29.2 Å². The third kappa shape index (κ3) is 3.71. The highest BCUT2D eigenvalue weighted by Crippen LogP contribution is 2.41. The molecule has 0 saturated carbocycles. The van der Waals surface area contributed by atoms with Crippen molar-refractivity contribution in [1.29, 1.82) is 0 Å². The highest BCUT2D eigenvalue weighted by atomic mass is 35.5. The maximum atomic E-state index is 14.4. The second-order valence-electron chi connectivity index (χ2n) is 6.15. The number of nitrogens with zero attached hydrogens (tertiary/aromatic N) is 3. The molecule has 6 nitrogen and oxygen atoms in total. The molecule has 29 heavy (non-hydrogen) atoms. The number of carbonyl (C=O) groups excluding carboxylic acids is 1. The van der Waals surface area contributed by atoms with Crippen LogP contribution < -0.4 is 15.0 Å². The topological polar surface area (TPSA) is 67.4 Å². The van der Waals surface area contributed by atoms with Gasteiger partial charge >= 0.3 is 0 Å². The van der Waals surface area contributed by atoms with Gasteiger partial charge in [-0.25, -0.2) is 14.4 Å². The molecule has 1 aromatic heterocycles. The highest BCUT2D eigenvalue weighted by molar-refractivity contribution is 6.31. The van der Waals surface area contributed by atoms with Crippen LogP contribution in [0.5, 0.6) is 5.75 Å². The Bertz CT molecular complexity index is 1120. The van der Waals surface area contributed by atoms with E-state index in [2.05, 4.69) is 15.3 Å². The number of anilines is 3. The predicted octanol–water partition coefficient (Wildman–Crippen LogP) is 4.69. The van der Waals surface area contributed by atoms with Crippen molar-refractivity contribution in [2.24, 2.45) is 0 Å². The van der Waals surface area contributed by atoms with Crippen molar-refractivity contribution in [2.45, 2.75) is 0 Å². The third-order valence-electron chi connectivity index (χ3n) is 4.41. The van der Waals surface area contributed by atoms with Crippen LogP contribution in [0.3, 0.4) is 0 Å². The number of allylic oxidation sites excluding steroid dienone is 1. The minimum absolute atomic E-state index is 0.00510. The number of rotatable bonds is 4. The lowest BCUT2D eigenvalue weighted by atomic mass is 10.1. The molecular weight excluding hydrogens is 418 g/mol. The lowest BCUT2D eigenvalue weighted by Gasteiger charge is -2.29. The lowest BCUT2D eigenvalue weighted by molar-refractivity contribution is -0.114. The molecule has 1 amide bonds. The van der Waals surface area contributed by atoms with Gasteiger partial charge in [0.1, 0.15) is 18.8 Å². The first-order chi connectivity index (χ1) is 14.1. The third-order valence-corrected chi connectivity index (χ3v) is 4.88. The van der Waals surface area contributed by atoms with E-state index in [1.165, 1.54) is 18.5 Å². The highest BCUT2D eigenvalue weighted by Gasteiger charge is 2.26. The van der Waals surface area contributed by atoms with Crippen LogP contribution in [0.1, 0.15) is 0 Å². The van der Waals surface area contributed by atoms with Gasteiger partial charge in [-0.1, -0.05) is 23.7 Å². The van der Waals surface area contributed by atoms with Gasteiger partial charge in [0, 0.05) is 12.0 Å². The number of fused-ring (bicyclic) bond motifs is 3. The summed E-state index contributed by atoms with van der Waals surface area (Å²) in [4.78, 5) is 22.6. The Morgan fingerprint density at radius 2 is 2.17 bits per heavy atom. The largest absolute Gasteiger partial charge is 0.489 e. The molecule has 0 saturated heterocycles. The minimum atomic E-state index is -0.588. The van der Waals surface area contributed by atoms with Gasteiger partial charge in [0.15, 0.2) is 11.6 Å². The average molecular weight is 433 g/mol. The summed E-state index contributed by atoms with van der Waals surface area (Å²) in [5.74, 6) is 0.246. The second-order valence-corrected chi connectivity index (χ2v) is 6.87. The van der Waals surface area contributed by atoms with Crippen LogP contribution in [0.15, 0.2) is 48.8 Å². The maximum Gasteiger partial charge on any atom is 0.250 e. The normalized spacial score (nSPS) is 13.4. The molecular formula is C20H15Cl2FN4O2. The molecule has 1 aliphatic rings. The quantitative estimate of drug-likeness (QED) is 0.478. The molecule has 1 N–H and O–H groups in total. The van der Waals surface area contributed by atoms with Crippen molar-refractivity contribution in [3.8, 4) is 5.75 Å². The van der Waals surface area contributed by atoms with E-state index in [4.69, 9.17) is 27.9 Å². The lowest BCUT2D eigenvalue weighted by Crippen LogP contribution is -2.37. The zero-order chi connectivity index (χ0) is 20.4. The molecule has 0 aliphatic carbocycles. The Morgan fingerprint density at radius 1 is 1.31 bits per heavy atom. The number of alkyl halides is 1. The first-order valence-electron chi connectivity index (χ1n) is 8.75. The number of carbonyl (C=O) groups is 1. The Labute approximate surface area is 175 Å². The van der Waals surface area contributed by atoms with E-state index in [0.29, 0.717) is 41.3 Å². The van der Waals surface area contributed by atoms with Gasteiger partial charge < -0.3 is 15.0 Å². The van der Waals surface area contributed by atoms with Gasteiger partial charge in [0.25, 0.3) is 5.91 Å². The van der Waals surface area contributed by atoms with Crippen molar-refractivity contribution in [1.82, 2.24) is 9.97 Å². The molecule has 4 rings (SSSR count). The number of amides is 1. The summed E-state index contributed by atoms with van der Waals surface area (Å²) in [5, 5.41) is 3.50. The zero-order valence-electron chi connectivity index (χ0n) is 15.0. The van der Waals surface area contributed by atoms with E-state index < -0.39 is 5.82 Å². The van der Waals surface area contributed by atoms with Crippen LogP contribution in [0.2, 0.25) is 5.02 Å². The fraction of sp³-hybridized carbons (Fsp3) is 0.150. The molecule has 2 heterocycles. The molecule has 1 aliphatic heterocycles. The second kappa shape index (κ2) is 8.23. The standard InChI is InChI=1S/C20H15Cl2FN4O2/c21-8-2-5-16(28)27-9-10-29-19-15(27)7-6-13-17(19)20(25-11-24-13)26-14-4-1-3-12(22)18(14)23/h1-7,11H,8-10H2,(H,24,25,26)/b5-2+. The number of aromatic nitrogens is 2. The van der Waals surface area contributed by atoms with E-state index in [-0.39, 0.29) is 22.5 Å². The van der Waals surface area contributed by atoms with Crippen molar-refractivity contribution in [3.63, 3.8) is 0 Å². The summed E-state index contributed by atoms with van der Waals surface area (Å²) in [6.45, 7) is 0.690. The van der Waals surface area contributed by atoms with E-state index in [1.54, 1.807) is 35.2 Å². The first kappa shape index (κ1) is 19.4. The summed E-state index contributed by atoms with van der Waals surface area (Å²) < 4.78 is 20.2. The zero-order valence-corrected chi connectivity index (χ0v) is 16.5. The summed E-state index contributed by atoms with van der Waals surface area (Å²) in [7, 11) is 0. The van der Waals surface area contributed by atoms with Crippen LogP contribution in [0.4, 0.5) is 21.6 Å². The van der Waals surface area contributed by atoms with Crippen molar-refractivity contribution < 1.29 is 13.9 Å². The van der Waals surface area contributed by atoms with Gasteiger partial charge in [-0.3, -0.25) is 4.79 Å². The molecule has 0 bridgehead atoms. The summed E-state index contributed by atoms with van der Waals surface area (Å²) in [6, 6.07) is 8.17. The summed E-state index contributed by atoms with van der Waals surface area (Å²) in [6.07, 6.45) is 4.38. The fourth-order valence-corrected chi connectivity index (χ4v) is 3.38. The smallest absolute Gasteiger partial charge is 0.250 e. The van der Waals surface area contributed by atoms with E-state index in [9.17, 15) is 9.18 Å². The molecule has 0 fully saturated rings. The van der Waals surface area contributed by atoms with E-state index in [0.717, 1.165) is 0 Å². The number of hydrogen-bond donors (Lipinski definition) is 1. The SMILES string of the molecule is O=C(/C=C/CCl)N1CCOc2c1ccc1ncnc(Nc3cccc(Cl)c3F)c21. The number of hydrogen-bond acceptors (Lipinski definition) is 5. The molecule has 3 aromatic rings. The van der Waals surface area contributed by atoms with Gasteiger partial charge in [0.05, 0.1) is 33.8 Å². The Kier molecular flexibility index (Phi) is 5.51. The number of halogens is 3. The summed E-state index contributed by atoms with van der Waals surface area (Å²) >= 11 is 11.5. The van der Waals surface area contributed by atoms with Gasteiger partial charge in [-0.15, -0.1) is 11.6 Å². The Hall–Kier alpha value is -2.90. The van der Waals surface area contributed by atoms with E-state index in [1.807, 2.05) is 0 Å². The van der Waals surface area contributed by atoms with Crippen molar-refractivity contribution in [3.05, 3.63) is 59.7 Å². The van der Waals surface area contributed by atoms with Gasteiger partial charge in [0.2, 0.25) is 0 Å². The number of ether oxygens (including phenoxy) is 1. The number of nitrogens with one attached hydrogen (secondary N) is 1. The molecule has 148 valence electrons.